The molecule has 142 valence electrons. The molecule has 0 aromatic carbocycles. The lowest BCUT2D eigenvalue weighted by molar-refractivity contribution is -0.753. The fraction of sp³-hybridized carbons (Fsp3) is 0.467. The monoisotopic (exact) mass is 375 g/mol. The van der Waals surface area contributed by atoms with E-state index in [1.165, 1.54) is 10.9 Å². The number of carbonyl (C=O) groups excluding carboxylic acids is 2. The van der Waals surface area contributed by atoms with Gasteiger partial charge in [-0.3, -0.25) is 9.59 Å². The van der Waals surface area contributed by atoms with Crippen LogP contribution in [0.15, 0.2) is 18.5 Å². The van der Waals surface area contributed by atoms with Crippen molar-refractivity contribution in [3.8, 4) is 6.07 Å². The molecule has 0 aliphatic carbocycles. The van der Waals surface area contributed by atoms with Crippen LogP contribution in [0.25, 0.3) is 0 Å². The topological polar surface area (TPSA) is 135 Å². The number of hydrogen-bond donors (Lipinski definition) is 1. The van der Waals surface area contributed by atoms with Crippen LogP contribution in [0.3, 0.4) is 0 Å². The van der Waals surface area contributed by atoms with Crippen molar-refractivity contribution in [2.75, 3.05) is 0 Å². The first-order valence-electron chi connectivity index (χ1n) is 7.08. The van der Waals surface area contributed by atoms with Crippen LogP contribution in [0.5, 0.6) is 0 Å². The van der Waals surface area contributed by atoms with E-state index in [2.05, 4.69) is 11.2 Å². The molecule has 1 aromatic rings. The summed E-state index contributed by atoms with van der Waals surface area (Å²) >= 11 is 0. The summed E-state index contributed by atoms with van der Waals surface area (Å²) in [5, 5.41) is 30.2. The van der Waals surface area contributed by atoms with Crippen molar-refractivity contribution in [2.24, 2.45) is 5.41 Å². The number of carboxylic acids is 2. The summed E-state index contributed by atoms with van der Waals surface area (Å²) in [6.45, 7) is 3.66. The SMILES string of the molecule is CC(C)(C#N)CC(=O)c1cc[n+](CCC(=O)O)nc1.O=C([O-])C(F)(F)F. The maximum atomic E-state index is 11.9. The Bertz CT molecular complexity index is 694. The Morgan fingerprint density at radius 3 is 2.23 bits per heavy atom. The quantitative estimate of drug-likeness (QED) is 0.557. The van der Waals surface area contributed by atoms with Gasteiger partial charge in [-0.1, -0.05) is 4.68 Å². The molecule has 0 atom stereocenters. The van der Waals surface area contributed by atoms with Gasteiger partial charge in [0.1, 0.15) is 18.6 Å². The van der Waals surface area contributed by atoms with Gasteiger partial charge in [0, 0.05) is 18.1 Å². The van der Waals surface area contributed by atoms with Crippen molar-refractivity contribution < 1.29 is 42.4 Å². The number of ketones is 1. The van der Waals surface area contributed by atoms with Gasteiger partial charge in [0.25, 0.3) is 0 Å². The summed E-state index contributed by atoms with van der Waals surface area (Å²) in [4.78, 5) is 31.1. The Balaban J connectivity index is 0.000000758. The minimum absolute atomic E-state index is 0.0214. The minimum Gasteiger partial charge on any atom is -0.542 e. The second-order valence-corrected chi connectivity index (χ2v) is 5.70. The molecule has 0 saturated carbocycles. The number of aryl methyl sites for hydroxylation is 1. The normalized spacial score (nSPS) is 10.9. The van der Waals surface area contributed by atoms with Crippen LogP contribution >= 0.6 is 0 Å². The molecule has 0 spiro atoms. The van der Waals surface area contributed by atoms with Crippen LogP contribution in [0, 0.1) is 16.7 Å². The zero-order valence-corrected chi connectivity index (χ0v) is 13.9. The molecule has 1 rings (SSSR count). The van der Waals surface area contributed by atoms with Crippen molar-refractivity contribution in [3.63, 3.8) is 0 Å². The summed E-state index contributed by atoms with van der Waals surface area (Å²) < 4.78 is 33.0. The number of aliphatic carboxylic acids is 2. The van der Waals surface area contributed by atoms with Gasteiger partial charge in [-0.15, -0.1) is 0 Å². The molecule has 11 heteroatoms. The van der Waals surface area contributed by atoms with Crippen LogP contribution in [0.2, 0.25) is 0 Å². The average Bonchev–Trinajstić information content (AvgIpc) is 2.52. The summed E-state index contributed by atoms with van der Waals surface area (Å²) in [6, 6.07) is 3.66. The molecule has 0 aliphatic rings. The third-order valence-corrected chi connectivity index (χ3v) is 2.78. The number of hydrogen-bond acceptors (Lipinski definition) is 6. The number of alkyl halides is 3. The summed E-state index contributed by atoms with van der Waals surface area (Å²) in [7, 11) is 0. The highest BCUT2D eigenvalue weighted by Crippen LogP contribution is 2.20. The fourth-order valence-electron chi connectivity index (χ4n) is 1.43. The predicted octanol–water partition coefficient (Wildman–Crippen LogP) is 0.265. The molecule has 0 saturated heterocycles. The van der Waals surface area contributed by atoms with Crippen molar-refractivity contribution in [2.45, 2.75) is 39.4 Å². The van der Waals surface area contributed by atoms with E-state index in [1.54, 1.807) is 26.1 Å². The lowest BCUT2D eigenvalue weighted by atomic mass is 9.87. The zero-order chi connectivity index (χ0) is 20.5. The highest BCUT2D eigenvalue weighted by atomic mass is 19.4. The zero-order valence-electron chi connectivity index (χ0n) is 13.9. The first-order chi connectivity index (χ1) is 11.8. The minimum atomic E-state index is -5.19. The highest BCUT2D eigenvalue weighted by molar-refractivity contribution is 5.96. The Hall–Kier alpha value is -3.03. The smallest absolute Gasteiger partial charge is 0.430 e. The third kappa shape index (κ3) is 9.31. The van der Waals surface area contributed by atoms with E-state index in [1.807, 2.05) is 0 Å². The molecule has 0 fully saturated rings. The Labute approximate surface area is 146 Å². The summed E-state index contributed by atoms with van der Waals surface area (Å²) in [6.07, 6.45) is -2.12. The molecule has 0 bridgehead atoms. The van der Waals surface area contributed by atoms with Gasteiger partial charge in [0.2, 0.25) is 0 Å². The van der Waals surface area contributed by atoms with E-state index < -0.39 is 23.5 Å². The fourth-order valence-corrected chi connectivity index (χ4v) is 1.43. The van der Waals surface area contributed by atoms with E-state index in [0.29, 0.717) is 5.56 Å². The summed E-state index contributed by atoms with van der Waals surface area (Å²) in [5.74, 6) is -4.05. The third-order valence-electron chi connectivity index (χ3n) is 2.78. The maximum absolute atomic E-state index is 11.9. The number of nitriles is 1. The molecule has 26 heavy (non-hydrogen) atoms. The van der Waals surface area contributed by atoms with Crippen molar-refractivity contribution >= 4 is 17.7 Å². The Morgan fingerprint density at radius 1 is 1.35 bits per heavy atom. The first kappa shape index (κ1) is 23.0. The van der Waals surface area contributed by atoms with Crippen LogP contribution in [-0.2, 0) is 16.1 Å². The van der Waals surface area contributed by atoms with Gasteiger partial charge >= 0.3 is 12.1 Å². The number of carboxylic acid groups (broad SMARTS) is 2. The summed E-state index contributed by atoms with van der Waals surface area (Å²) in [5.41, 5.74) is -0.276. The number of nitrogens with zero attached hydrogens (tertiary/aromatic N) is 3. The Morgan fingerprint density at radius 2 is 1.88 bits per heavy atom. The molecule has 0 unspecified atom stereocenters. The first-order valence-corrected chi connectivity index (χ1v) is 7.08. The predicted molar refractivity (Wildman–Crippen MR) is 76.1 cm³/mol. The van der Waals surface area contributed by atoms with E-state index in [-0.39, 0.29) is 25.2 Å². The number of halogens is 3. The van der Waals surface area contributed by atoms with Crippen molar-refractivity contribution in [3.05, 3.63) is 24.0 Å². The molecular formula is C15H16F3N3O5. The number of rotatable bonds is 6. The van der Waals surface area contributed by atoms with Crippen LogP contribution in [0.1, 0.15) is 37.0 Å². The molecule has 0 amide bonds. The van der Waals surface area contributed by atoms with E-state index >= 15 is 0 Å². The van der Waals surface area contributed by atoms with E-state index in [9.17, 15) is 22.8 Å². The largest absolute Gasteiger partial charge is 0.542 e. The number of Topliss-reactive ketones (excluding diaryl/α,β-unsaturated/α-hetero) is 1. The molecule has 0 radical (unpaired) electrons. The molecule has 1 N–H and O–H groups in total. The van der Waals surface area contributed by atoms with Gasteiger partial charge in [0.15, 0.2) is 18.5 Å². The van der Waals surface area contributed by atoms with Crippen LogP contribution < -0.4 is 9.79 Å². The van der Waals surface area contributed by atoms with E-state index in [4.69, 9.17) is 20.3 Å². The van der Waals surface area contributed by atoms with Gasteiger partial charge in [-0.2, -0.15) is 18.4 Å². The van der Waals surface area contributed by atoms with Crippen molar-refractivity contribution in [1.29, 1.82) is 5.26 Å². The van der Waals surface area contributed by atoms with Gasteiger partial charge in [-0.25, -0.2) is 0 Å². The molecular weight excluding hydrogens is 359 g/mol. The molecule has 0 aliphatic heterocycles. The molecule has 1 aromatic heterocycles. The number of aromatic nitrogens is 2. The Kier molecular flexibility index (Phi) is 8.35. The maximum Gasteiger partial charge on any atom is 0.430 e. The highest BCUT2D eigenvalue weighted by Gasteiger charge is 2.28. The average molecular weight is 375 g/mol. The number of carbonyl (C=O) groups is 3. The van der Waals surface area contributed by atoms with Crippen molar-refractivity contribution in [1.82, 2.24) is 5.10 Å². The van der Waals surface area contributed by atoms with Crippen LogP contribution in [0.4, 0.5) is 13.2 Å². The molecule has 1 heterocycles. The second kappa shape index (κ2) is 9.45. The second-order valence-electron chi connectivity index (χ2n) is 5.70. The lowest BCUT2D eigenvalue weighted by Crippen LogP contribution is -2.38. The van der Waals surface area contributed by atoms with Crippen LogP contribution in [-0.4, -0.2) is 34.1 Å². The van der Waals surface area contributed by atoms with Gasteiger partial charge < -0.3 is 15.0 Å². The lowest BCUT2D eigenvalue weighted by Gasteiger charge is -2.12. The molecule has 8 nitrogen and oxygen atoms in total. The van der Waals surface area contributed by atoms with Gasteiger partial charge in [-0.05, 0) is 18.9 Å². The van der Waals surface area contributed by atoms with Gasteiger partial charge in [0.05, 0.1) is 11.5 Å². The standard InChI is InChI=1S/C13H15N3O3.C2HF3O2/c1-13(2,9-14)7-11(17)10-3-5-16(15-8-10)6-4-12(18)19;3-2(4,5)1(6)7/h3,5,8H,4,6-7H2,1-2H3;(H,6,7). The van der Waals surface area contributed by atoms with E-state index in [0.717, 1.165) is 0 Å².